The zero-order chi connectivity index (χ0) is 50.3. The normalized spacial score (nSPS) is 14.1. The van der Waals surface area contributed by atoms with E-state index in [1.54, 1.807) is 58.9 Å². The van der Waals surface area contributed by atoms with Gasteiger partial charge in [0.15, 0.2) is 23.1 Å². The van der Waals surface area contributed by atoms with Gasteiger partial charge in [0, 0.05) is 17.9 Å². The van der Waals surface area contributed by atoms with E-state index >= 15 is 0 Å². The number of nitrogens with zero attached hydrogens (tertiary/aromatic N) is 2. The molecule has 66 heavy (non-hydrogen) atoms. The molecule has 0 bridgehead atoms. The maximum Gasteiger partial charge on any atom is 0.285 e. The second-order valence-corrected chi connectivity index (χ2v) is 17.3. The van der Waals surface area contributed by atoms with E-state index in [0.29, 0.717) is 26.9 Å². The van der Waals surface area contributed by atoms with E-state index in [9.17, 15) is 36.7 Å². The number of hydroxylamine groups is 4. The molecule has 1 saturated heterocycles. The molecule has 17 heteroatoms. The smallest absolute Gasteiger partial charge is 0.285 e. The Bertz CT molecular complexity index is 2200. The summed E-state index contributed by atoms with van der Waals surface area (Å²) >= 11 is 11.9. The standard InChI is InChI=1S/C11H11NO3.C10H12Cl2O.C10H10F4O.C10H14O.C8H13NO3/c1-7(2)15-12-10(13)8-5-3-4-6-9(8)11(12)14;1-6(2)13-10-8(11)4-7(3)5-9(10)12;1-4(2)15-10-8(13)6(11)5(3)7(12)9(10)14;1-8(2)11-10-6-4-9(3)5-7-10;1-5(2)12-9-7(10)4-6(3)8(9)11/h3-7H,1-2H3;4-6H,1-3H3;4H,1-3H3;4-8H,1-3H3;5-6H,4H2,1-3H3. The summed E-state index contributed by atoms with van der Waals surface area (Å²) in [5.74, 6) is -6.80. The number of carbonyl (C=O) groups excluding carboxylic acids is 4. The van der Waals surface area contributed by atoms with Gasteiger partial charge in [-0.15, -0.1) is 5.06 Å². The lowest BCUT2D eigenvalue weighted by molar-refractivity contribution is -0.199. The van der Waals surface area contributed by atoms with E-state index < -0.39 is 40.7 Å². The molecule has 362 valence electrons. The van der Waals surface area contributed by atoms with Gasteiger partial charge in [-0.1, -0.05) is 60.0 Å². The quantitative estimate of drug-likeness (QED) is 0.0869. The Kier molecular flexibility index (Phi) is 22.6. The number of hydrogen-bond donors (Lipinski definition) is 0. The van der Waals surface area contributed by atoms with Gasteiger partial charge in [0.2, 0.25) is 11.6 Å². The van der Waals surface area contributed by atoms with E-state index in [4.69, 9.17) is 42.4 Å². The predicted octanol–water partition coefficient (Wildman–Crippen LogP) is 12.6. The van der Waals surface area contributed by atoms with Crippen LogP contribution in [0.4, 0.5) is 17.6 Å². The Balaban J connectivity index is 0.000000285. The van der Waals surface area contributed by atoms with Crippen molar-refractivity contribution in [3.63, 3.8) is 0 Å². The maximum absolute atomic E-state index is 13.2. The highest BCUT2D eigenvalue weighted by Crippen LogP contribution is 2.35. The molecule has 6 rings (SSSR count). The first-order valence-electron chi connectivity index (χ1n) is 21.2. The fraction of sp³-hybridized carbons (Fsp3) is 0.429. The molecule has 2 heterocycles. The molecule has 0 spiro atoms. The Morgan fingerprint density at radius 2 is 0.955 bits per heavy atom. The van der Waals surface area contributed by atoms with Crippen LogP contribution in [0.25, 0.3) is 0 Å². The minimum absolute atomic E-state index is 0.0812. The zero-order valence-corrected chi connectivity index (χ0v) is 41.3. The van der Waals surface area contributed by atoms with Gasteiger partial charge in [-0.25, -0.2) is 8.78 Å². The van der Waals surface area contributed by atoms with Crippen LogP contribution in [0.2, 0.25) is 10.0 Å². The third-order valence-electron chi connectivity index (χ3n) is 8.40. The molecule has 0 radical (unpaired) electrons. The topological polar surface area (TPSA) is 121 Å². The second kappa shape index (κ2) is 26.2. The zero-order valence-electron chi connectivity index (χ0n) is 39.8. The Morgan fingerprint density at radius 1 is 0.545 bits per heavy atom. The number of aryl methyl sites for hydroxylation is 2. The SMILES string of the molecule is CC(C)ON1C(=O)CC(C)C1=O.CC(C)ON1C(=O)c2ccccc2C1=O.Cc1c(F)c(F)c(OC(C)C)c(F)c1F.Cc1cc(Cl)c(OC(C)C)c(Cl)c1.Cc1ccc(OC(C)C)cc1. The molecule has 4 aromatic carbocycles. The molecule has 2 aliphatic heterocycles. The van der Waals surface area contributed by atoms with E-state index in [1.807, 2.05) is 58.9 Å². The second-order valence-electron chi connectivity index (χ2n) is 16.5. The highest BCUT2D eigenvalue weighted by molar-refractivity contribution is 6.37. The van der Waals surface area contributed by atoms with Crippen LogP contribution in [0, 0.1) is 50.0 Å². The lowest BCUT2D eigenvalue weighted by Gasteiger charge is -2.16. The van der Waals surface area contributed by atoms with Crippen molar-refractivity contribution in [2.24, 2.45) is 5.92 Å². The van der Waals surface area contributed by atoms with Crippen molar-refractivity contribution in [2.75, 3.05) is 0 Å². The number of rotatable bonds is 10. The van der Waals surface area contributed by atoms with Crippen molar-refractivity contribution in [1.82, 2.24) is 10.1 Å². The molecule has 4 amide bonds. The Hall–Kier alpha value is -5.22. The van der Waals surface area contributed by atoms with Gasteiger partial charge in [-0.2, -0.15) is 13.8 Å². The first kappa shape index (κ1) is 56.9. The molecule has 4 aromatic rings. The van der Waals surface area contributed by atoms with E-state index in [2.05, 4.69) is 23.8 Å². The van der Waals surface area contributed by atoms with Crippen LogP contribution < -0.4 is 14.2 Å². The van der Waals surface area contributed by atoms with Crippen LogP contribution in [0.15, 0.2) is 60.7 Å². The lowest BCUT2D eigenvalue weighted by Crippen LogP contribution is -2.33. The van der Waals surface area contributed by atoms with E-state index in [-0.39, 0.29) is 60.4 Å². The fourth-order valence-electron chi connectivity index (χ4n) is 5.53. The maximum atomic E-state index is 13.2. The number of halogens is 6. The molecule has 2 aliphatic rings. The van der Waals surface area contributed by atoms with Gasteiger partial charge >= 0.3 is 0 Å². The van der Waals surface area contributed by atoms with Gasteiger partial charge in [0.25, 0.3) is 23.6 Å². The van der Waals surface area contributed by atoms with Crippen LogP contribution in [0.1, 0.15) is 120 Å². The highest BCUT2D eigenvalue weighted by Gasteiger charge is 2.38. The summed E-state index contributed by atoms with van der Waals surface area (Å²) < 4.78 is 68.0. The number of amides is 4. The molecule has 0 saturated carbocycles. The average Bonchev–Trinajstić information content (AvgIpc) is 3.61. The van der Waals surface area contributed by atoms with Crippen molar-refractivity contribution in [1.29, 1.82) is 0 Å². The fourth-order valence-corrected chi connectivity index (χ4v) is 6.22. The molecular formula is C49H60Cl2F4N2O9. The summed E-state index contributed by atoms with van der Waals surface area (Å²) in [6.07, 6.45) is -0.299. The minimum Gasteiger partial charge on any atom is -0.491 e. The van der Waals surface area contributed by atoms with Gasteiger partial charge in [-0.3, -0.25) is 28.9 Å². The van der Waals surface area contributed by atoms with E-state index in [0.717, 1.165) is 28.4 Å². The summed E-state index contributed by atoms with van der Waals surface area (Å²) in [7, 11) is 0. The number of imide groups is 2. The summed E-state index contributed by atoms with van der Waals surface area (Å²) in [5, 5.41) is 2.85. The van der Waals surface area contributed by atoms with Crippen molar-refractivity contribution >= 4 is 46.8 Å². The van der Waals surface area contributed by atoms with Crippen LogP contribution in [-0.4, -0.2) is 64.3 Å². The van der Waals surface area contributed by atoms with Crippen molar-refractivity contribution in [2.45, 2.75) is 134 Å². The van der Waals surface area contributed by atoms with Crippen LogP contribution in [0.5, 0.6) is 17.2 Å². The van der Waals surface area contributed by atoms with Gasteiger partial charge in [-0.05, 0) is 132 Å². The summed E-state index contributed by atoms with van der Waals surface area (Å²) in [4.78, 5) is 56.0. The first-order valence-corrected chi connectivity index (χ1v) is 22.0. The molecule has 0 aliphatic carbocycles. The van der Waals surface area contributed by atoms with Gasteiger partial charge in [0.1, 0.15) is 5.75 Å². The lowest BCUT2D eigenvalue weighted by atomic mass is 10.1. The molecule has 0 aromatic heterocycles. The molecule has 1 fully saturated rings. The number of hydrogen-bond acceptors (Lipinski definition) is 9. The van der Waals surface area contributed by atoms with Crippen LogP contribution in [-0.2, 0) is 19.3 Å². The average molecular weight is 968 g/mol. The highest BCUT2D eigenvalue weighted by atomic mass is 35.5. The molecule has 0 N–H and O–H groups in total. The molecular weight excluding hydrogens is 907 g/mol. The number of benzene rings is 4. The summed E-state index contributed by atoms with van der Waals surface area (Å²) in [5.41, 5.74) is 2.42. The monoisotopic (exact) mass is 966 g/mol. The summed E-state index contributed by atoms with van der Waals surface area (Å²) in [6.45, 7) is 24.7. The largest absolute Gasteiger partial charge is 0.491 e. The summed E-state index contributed by atoms with van der Waals surface area (Å²) in [6, 6.07) is 18.5. The minimum atomic E-state index is -1.50. The van der Waals surface area contributed by atoms with Gasteiger partial charge < -0.3 is 14.2 Å². The number of fused-ring (bicyclic) bond motifs is 1. The van der Waals surface area contributed by atoms with Crippen LogP contribution >= 0.6 is 23.2 Å². The molecule has 1 unspecified atom stereocenters. The number of carbonyl (C=O) groups is 4. The molecule has 11 nitrogen and oxygen atoms in total. The van der Waals surface area contributed by atoms with Crippen molar-refractivity contribution in [3.05, 3.63) is 122 Å². The van der Waals surface area contributed by atoms with Crippen molar-refractivity contribution in [3.8, 4) is 17.2 Å². The van der Waals surface area contributed by atoms with Gasteiger partial charge in [0.05, 0.1) is 51.7 Å². The van der Waals surface area contributed by atoms with Crippen LogP contribution in [0.3, 0.4) is 0 Å². The first-order chi connectivity index (χ1) is 30.7. The number of ether oxygens (including phenoxy) is 3. The van der Waals surface area contributed by atoms with E-state index in [1.165, 1.54) is 19.4 Å². The third-order valence-corrected chi connectivity index (χ3v) is 8.96. The predicted molar refractivity (Wildman–Crippen MR) is 246 cm³/mol. The molecule has 1 atom stereocenters. The Morgan fingerprint density at radius 3 is 1.33 bits per heavy atom. The Labute approximate surface area is 395 Å². The van der Waals surface area contributed by atoms with Crippen molar-refractivity contribution < 1.29 is 60.6 Å². The third kappa shape index (κ3) is 16.9.